The number of para-hydroxylation sites is 1. The van der Waals surface area contributed by atoms with Gasteiger partial charge in [0, 0.05) is 28.0 Å². The third kappa shape index (κ3) is 4.68. The van der Waals surface area contributed by atoms with Crippen LogP contribution in [-0.2, 0) is 7.05 Å². The maximum atomic E-state index is 14.8. The van der Waals surface area contributed by atoms with Crippen LogP contribution in [0.15, 0.2) is 104 Å². The van der Waals surface area contributed by atoms with Gasteiger partial charge < -0.3 is 0 Å². The van der Waals surface area contributed by atoms with E-state index >= 15 is 0 Å². The maximum Gasteiger partial charge on any atom is 0.297 e. The van der Waals surface area contributed by atoms with Crippen LogP contribution in [-0.4, -0.2) is 19.8 Å². The number of rotatable bonds is 5. The summed E-state index contributed by atoms with van der Waals surface area (Å²) >= 11 is 4.88. The standard InChI is InChI=1S/C28H23BrFN5OS/c1-18(21-13-7-9-15-23(21)29)32-34-25(22-14-8-10-16-24(22)30)17-37-28(34)31-26-19(2)33(3)35(27(26)36)20-11-5-4-6-12-20/h4-17H,1-3H3. The Labute approximate surface area is 225 Å². The van der Waals surface area contributed by atoms with Crippen molar-refractivity contribution in [3.63, 3.8) is 0 Å². The van der Waals surface area contributed by atoms with Gasteiger partial charge in [0.25, 0.3) is 5.56 Å². The molecule has 0 radical (unpaired) electrons. The fourth-order valence-corrected chi connectivity index (χ4v) is 5.46. The average molecular weight is 576 g/mol. The van der Waals surface area contributed by atoms with E-state index in [1.54, 1.807) is 32.2 Å². The highest BCUT2D eigenvalue weighted by molar-refractivity contribution is 9.10. The number of halogens is 2. The second-order valence-corrected chi connectivity index (χ2v) is 10.1. The molecule has 186 valence electrons. The summed E-state index contributed by atoms with van der Waals surface area (Å²) in [6.45, 7) is 3.74. The molecule has 0 aliphatic heterocycles. The first kappa shape index (κ1) is 24.9. The fraction of sp³-hybridized carbons (Fsp3) is 0.107. The molecule has 5 rings (SSSR count). The SMILES string of the molecule is CC(=Nn1c(-c2ccccc2F)csc1=Nc1c(C)n(C)n(-c2ccccc2)c1=O)c1ccccc1Br. The highest BCUT2D eigenvalue weighted by Crippen LogP contribution is 2.25. The molecule has 0 atom stereocenters. The molecule has 0 unspecified atom stereocenters. The molecule has 0 saturated heterocycles. The number of thiazole rings is 1. The first-order chi connectivity index (χ1) is 17.9. The third-order valence-corrected chi connectivity index (χ3v) is 7.59. The summed E-state index contributed by atoms with van der Waals surface area (Å²) in [5, 5.41) is 6.66. The van der Waals surface area contributed by atoms with Crippen LogP contribution in [0.5, 0.6) is 0 Å². The Kier molecular flexibility index (Phi) is 6.90. The molecule has 0 aliphatic rings. The summed E-state index contributed by atoms with van der Waals surface area (Å²) in [6, 6.07) is 23.7. The Balaban J connectivity index is 1.76. The summed E-state index contributed by atoms with van der Waals surface area (Å²) in [5.74, 6) is -0.364. The Hall–Kier alpha value is -3.82. The molecule has 0 spiro atoms. The summed E-state index contributed by atoms with van der Waals surface area (Å²) < 4.78 is 20.7. The van der Waals surface area contributed by atoms with Gasteiger partial charge >= 0.3 is 0 Å². The van der Waals surface area contributed by atoms with Gasteiger partial charge in [-0.2, -0.15) is 5.10 Å². The van der Waals surface area contributed by atoms with E-state index in [4.69, 9.17) is 10.1 Å². The van der Waals surface area contributed by atoms with Crippen molar-refractivity contribution in [2.75, 3.05) is 0 Å². The van der Waals surface area contributed by atoms with Gasteiger partial charge in [0.05, 0.1) is 22.8 Å². The molecule has 6 nitrogen and oxygen atoms in total. The molecule has 9 heteroatoms. The average Bonchev–Trinajstić information content (AvgIpc) is 3.38. The minimum atomic E-state index is -0.364. The van der Waals surface area contributed by atoms with Crippen molar-refractivity contribution >= 4 is 38.7 Å². The van der Waals surface area contributed by atoms with Crippen LogP contribution in [0.2, 0.25) is 0 Å². The molecule has 2 aromatic heterocycles. The van der Waals surface area contributed by atoms with Crippen LogP contribution >= 0.6 is 27.3 Å². The molecule has 3 aromatic carbocycles. The van der Waals surface area contributed by atoms with Crippen molar-refractivity contribution in [3.8, 4) is 16.9 Å². The smallest absolute Gasteiger partial charge is 0.283 e. The molecule has 0 amide bonds. The van der Waals surface area contributed by atoms with Gasteiger partial charge in [-0.15, -0.1) is 11.3 Å². The van der Waals surface area contributed by atoms with Crippen molar-refractivity contribution in [1.29, 1.82) is 0 Å². The lowest BCUT2D eigenvalue weighted by molar-refractivity contribution is 0.629. The molecule has 0 N–H and O–H groups in total. The van der Waals surface area contributed by atoms with Gasteiger partial charge in [-0.05, 0) is 44.2 Å². The van der Waals surface area contributed by atoms with Gasteiger partial charge in [0.15, 0.2) is 5.69 Å². The van der Waals surface area contributed by atoms with Gasteiger partial charge in [-0.3, -0.25) is 9.48 Å². The van der Waals surface area contributed by atoms with Crippen molar-refractivity contribution in [2.24, 2.45) is 17.1 Å². The van der Waals surface area contributed by atoms with E-state index in [1.807, 2.05) is 80.9 Å². The Bertz CT molecular complexity index is 1760. The summed E-state index contributed by atoms with van der Waals surface area (Å²) in [5.41, 5.74) is 4.05. The molecule has 2 heterocycles. The van der Waals surface area contributed by atoms with E-state index < -0.39 is 0 Å². The zero-order chi connectivity index (χ0) is 26.1. The highest BCUT2D eigenvalue weighted by Gasteiger charge is 2.18. The molecule has 0 bridgehead atoms. The monoisotopic (exact) mass is 575 g/mol. The largest absolute Gasteiger partial charge is 0.297 e. The van der Waals surface area contributed by atoms with Gasteiger partial charge in [-0.25, -0.2) is 18.7 Å². The van der Waals surface area contributed by atoms with Gasteiger partial charge in [0.1, 0.15) is 5.82 Å². The minimum Gasteiger partial charge on any atom is -0.283 e. The number of hydrogen-bond acceptors (Lipinski definition) is 4. The number of aromatic nitrogens is 3. The number of nitrogens with zero attached hydrogens (tertiary/aromatic N) is 5. The van der Waals surface area contributed by atoms with Crippen molar-refractivity contribution in [2.45, 2.75) is 13.8 Å². The summed E-state index contributed by atoms with van der Waals surface area (Å²) in [6.07, 6.45) is 0. The van der Waals surface area contributed by atoms with Crippen molar-refractivity contribution < 1.29 is 4.39 Å². The van der Waals surface area contributed by atoms with Crippen LogP contribution in [0.4, 0.5) is 10.1 Å². The number of hydrogen-bond donors (Lipinski definition) is 0. The maximum absolute atomic E-state index is 14.8. The van der Waals surface area contributed by atoms with E-state index in [0.29, 0.717) is 33.2 Å². The molecule has 0 saturated carbocycles. The lowest BCUT2D eigenvalue weighted by atomic mass is 10.1. The molecule has 5 aromatic rings. The molecule has 37 heavy (non-hydrogen) atoms. The van der Waals surface area contributed by atoms with E-state index in [0.717, 1.165) is 15.7 Å². The third-order valence-electron chi connectivity index (χ3n) is 6.08. The Morgan fingerprint density at radius 1 is 0.973 bits per heavy atom. The molecular weight excluding hydrogens is 553 g/mol. The quantitative estimate of drug-likeness (QED) is 0.223. The van der Waals surface area contributed by atoms with Crippen LogP contribution in [0, 0.1) is 12.7 Å². The molecule has 0 fully saturated rings. The lowest BCUT2D eigenvalue weighted by Crippen LogP contribution is -2.20. The predicted octanol–water partition coefficient (Wildman–Crippen LogP) is 6.42. The summed E-state index contributed by atoms with van der Waals surface area (Å²) in [7, 11) is 1.82. The normalized spacial score (nSPS) is 12.4. The predicted molar refractivity (Wildman–Crippen MR) is 150 cm³/mol. The van der Waals surface area contributed by atoms with Crippen LogP contribution in [0.25, 0.3) is 16.9 Å². The van der Waals surface area contributed by atoms with E-state index in [-0.39, 0.29) is 11.4 Å². The summed E-state index contributed by atoms with van der Waals surface area (Å²) in [4.78, 5) is 18.7. The first-order valence-electron chi connectivity index (χ1n) is 11.5. The topological polar surface area (TPSA) is 56.6 Å². The zero-order valence-electron chi connectivity index (χ0n) is 20.4. The van der Waals surface area contributed by atoms with Crippen LogP contribution in [0.3, 0.4) is 0 Å². The molecular formula is C28H23BrFN5OS. The van der Waals surface area contributed by atoms with Crippen LogP contribution in [0.1, 0.15) is 18.2 Å². The Morgan fingerprint density at radius 2 is 1.65 bits per heavy atom. The second kappa shape index (κ2) is 10.3. The second-order valence-electron chi connectivity index (χ2n) is 8.38. The number of benzene rings is 3. The van der Waals surface area contributed by atoms with E-state index in [9.17, 15) is 9.18 Å². The zero-order valence-corrected chi connectivity index (χ0v) is 22.8. The van der Waals surface area contributed by atoms with Gasteiger partial charge in [-0.1, -0.05) is 64.5 Å². The Morgan fingerprint density at radius 3 is 2.38 bits per heavy atom. The lowest BCUT2D eigenvalue weighted by Gasteiger charge is -2.08. The van der Waals surface area contributed by atoms with Crippen LogP contribution < -0.4 is 10.4 Å². The minimum absolute atomic E-state index is 0.245. The van der Waals surface area contributed by atoms with Gasteiger partial charge in [0.2, 0.25) is 4.80 Å². The first-order valence-corrected chi connectivity index (χ1v) is 13.2. The van der Waals surface area contributed by atoms with E-state index in [2.05, 4.69) is 15.9 Å². The van der Waals surface area contributed by atoms with E-state index in [1.165, 1.54) is 17.4 Å². The highest BCUT2D eigenvalue weighted by atomic mass is 79.9. The van der Waals surface area contributed by atoms with Crippen molar-refractivity contribution in [3.05, 3.63) is 121 Å². The van der Waals surface area contributed by atoms with Crippen molar-refractivity contribution in [1.82, 2.24) is 14.0 Å². The molecule has 0 aliphatic carbocycles. The fourth-order valence-electron chi connectivity index (χ4n) is 4.07.